The van der Waals surface area contributed by atoms with Gasteiger partial charge in [0, 0.05) is 12.6 Å². The zero-order valence-corrected chi connectivity index (χ0v) is 16.2. The molecule has 1 heterocycles. The highest BCUT2D eigenvalue weighted by Gasteiger charge is 2.18. The number of benzene rings is 2. The van der Waals surface area contributed by atoms with Crippen LogP contribution in [0.5, 0.6) is 11.5 Å². The standard InChI is InChI=1S/C24H25NO4/c26-20-12-8-18(9-13-20)24(22-6-3-4-16-25-22)19-10-14-21(15-11-19)29-17-5-1-2-7-23(27)28/h3-4,6,8-16,24,26H,1-2,5,7,17H2,(H,27,28). The molecule has 0 radical (unpaired) electrons. The predicted molar refractivity (Wildman–Crippen MR) is 111 cm³/mol. The first-order chi connectivity index (χ1) is 14.1. The number of carboxylic acids is 1. The van der Waals surface area contributed by atoms with Crippen molar-refractivity contribution in [1.29, 1.82) is 0 Å². The predicted octanol–water partition coefficient (Wildman–Crippen LogP) is 4.99. The average Bonchev–Trinajstić information content (AvgIpc) is 2.74. The minimum Gasteiger partial charge on any atom is -0.508 e. The summed E-state index contributed by atoms with van der Waals surface area (Å²) in [5, 5.41) is 18.3. The maximum absolute atomic E-state index is 10.5. The van der Waals surface area contributed by atoms with E-state index in [9.17, 15) is 9.90 Å². The van der Waals surface area contributed by atoms with Crippen molar-refractivity contribution in [3.8, 4) is 11.5 Å². The smallest absolute Gasteiger partial charge is 0.303 e. The maximum atomic E-state index is 10.5. The second-order valence-electron chi connectivity index (χ2n) is 6.90. The molecule has 1 unspecified atom stereocenters. The Morgan fingerprint density at radius 2 is 1.59 bits per heavy atom. The van der Waals surface area contributed by atoms with Crippen molar-refractivity contribution in [2.24, 2.45) is 0 Å². The molecule has 0 fully saturated rings. The number of phenolic OH excluding ortho intramolecular Hbond substituents is 1. The van der Waals surface area contributed by atoms with E-state index in [1.54, 1.807) is 18.3 Å². The first kappa shape index (κ1) is 20.4. The second-order valence-corrected chi connectivity index (χ2v) is 6.90. The highest BCUT2D eigenvalue weighted by atomic mass is 16.5. The monoisotopic (exact) mass is 391 g/mol. The van der Waals surface area contributed by atoms with Crippen LogP contribution in [0.25, 0.3) is 0 Å². The number of pyridine rings is 1. The minimum atomic E-state index is -0.752. The van der Waals surface area contributed by atoms with Crippen LogP contribution in [0.3, 0.4) is 0 Å². The van der Waals surface area contributed by atoms with Crippen molar-refractivity contribution >= 4 is 5.97 Å². The zero-order valence-electron chi connectivity index (χ0n) is 16.2. The van der Waals surface area contributed by atoms with Crippen LogP contribution in [0.1, 0.15) is 48.4 Å². The summed E-state index contributed by atoms with van der Waals surface area (Å²) in [5.41, 5.74) is 3.07. The number of carbonyl (C=O) groups is 1. The van der Waals surface area contributed by atoms with Crippen LogP contribution in [0, 0.1) is 0 Å². The summed E-state index contributed by atoms with van der Waals surface area (Å²) in [6, 6.07) is 21.0. The van der Waals surface area contributed by atoms with Crippen LogP contribution in [-0.4, -0.2) is 27.8 Å². The molecule has 5 heteroatoms. The lowest BCUT2D eigenvalue weighted by atomic mass is 9.88. The Bertz CT molecular complexity index is 892. The van der Waals surface area contributed by atoms with Crippen LogP contribution in [-0.2, 0) is 4.79 Å². The van der Waals surface area contributed by atoms with Gasteiger partial charge in [-0.25, -0.2) is 0 Å². The van der Waals surface area contributed by atoms with E-state index in [4.69, 9.17) is 9.84 Å². The topological polar surface area (TPSA) is 79.7 Å². The summed E-state index contributed by atoms with van der Waals surface area (Å²) in [7, 11) is 0. The molecule has 29 heavy (non-hydrogen) atoms. The number of hydrogen-bond donors (Lipinski definition) is 2. The Morgan fingerprint density at radius 1 is 0.897 bits per heavy atom. The van der Waals surface area contributed by atoms with Gasteiger partial charge in [0.05, 0.1) is 18.2 Å². The van der Waals surface area contributed by atoms with Gasteiger partial charge in [0.2, 0.25) is 0 Å². The van der Waals surface area contributed by atoms with Crippen LogP contribution in [0.15, 0.2) is 72.9 Å². The molecule has 0 aliphatic rings. The van der Waals surface area contributed by atoms with Gasteiger partial charge in [-0.3, -0.25) is 9.78 Å². The molecule has 3 aromatic rings. The average molecular weight is 391 g/mol. The van der Waals surface area contributed by atoms with E-state index in [-0.39, 0.29) is 18.1 Å². The van der Waals surface area contributed by atoms with Crippen molar-refractivity contribution in [3.63, 3.8) is 0 Å². The van der Waals surface area contributed by atoms with E-state index in [1.165, 1.54) is 0 Å². The van der Waals surface area contributed by atoms with Crippen molar-refractivity contribution in [3.05, 3.63) is 89.7 Å². The third kappa shape index (κ3) is 6.07. The zero-order chi connectivity index (χ0) is 20.5. The molecule has 0 amide bonds. The second kappa shape index (κ2) is 10.3. The number of aromatic hydroxyl groups is 1. The summed E-state index contributed by atoms with van der Waals surface area (Å²) in [5.74, 6) is 0.234. The quantitative estimate of drug-likeness (QED) is 0.476. The number of carboxylic acid groups (broad SMARTS) is 1. The molecule has 0 saturated heterocycles. The Kier molecular flexibility index (Phi) is 7.22. The molecule has 0 aliphatic heterocycles. The summed E-state index contributed by atoms with van der Waals surface area (Å²) in [6.07, 6.45) is 4.34. The van der Waals surface area contributed by atoms with E-state index in [2.05, 4.69) is 4.98 Å². The minimum absolute atomic E-state index is 0.0399. The van der Waals surface area contributed by atoms with Gasteiger partial charge in [0.1, 0.15) is 11.5 Å². The normalized spacial score (nSPS) is 11.7. The Hall–Kier alpha value is -3.34. The van der Waals surface area contributed by atoms with Crippen molar-refractivity contribution in [2.75, 3.05) is 6.61 Å². The molecule has 1 aromatic heterocycles. The van der Waals surface area contributed by atoms with E-state index < -0.39 is 5.97 Å². The van der Waals surface area contributed by atoms with E-state index >= 15 is 0 Å². The molecular formula is C24H25NO4. The van der Waals surface area contributed by atoms with Crippen molar-refractivity contribution in [2.45, 2.75) is 31.6 Å². The molecule has 2 aromatic carbocycles. The highest BCUT2D eigenvalue weighted by Crippen LogP contribution is 2.32. The number of ether oxygens (including phenoxy) is 1. The highest BCUT2D eigenvalue weighted by molar-refractivity contribution is 5.66. The Balaban J connectivity index is 1.68. The lowest BCUT2D eigenvalue weighted by Gasteiger charge is -2.18. The lowest BCUT2D eigenvalue weighted by molar-refractivity contribution is -0.137. The number of aliphatic carboxylic acids is 1. The van der Waals surface area contributed by atoms with E-state index in [1.807, 2.05) is 54.6 Å². The van der Waals surface area contributed by atoms with E-state index in [0.717, 1.165) is 35.4 Å². The van der Waals surface area contributed by atoms with Crippen LogP contribution in [0.2, 0.25) is 0 Å². The van der Waals surface area contributed by atoms with Gasteiger partial charge < -0.3 is 14.9 Å². The molecule has 150 valence electrons. The van der Waals surface area contributed by atoms with Gasteiger partial charge in [-0.2, -0.15) is 0 Å². The number of unbranched alkanes of at least 4 members (excludes halogenated alkanes) is 2. The lowest BCUT2D eigenvalue weighted by Crippen LogP contribution is -2.05. The van der Waals surface area contributed by atoms with Gasteiger partial charge in [0.15, 0.2) is 0 Å². The summed E-state index contributed by atoms with van der Waals surface area (Å²) < 4.78 is 5.78. The fraction of sp³-hybridized carbons (Fsp3) is 0.250. The molecule has 1 atom stereocenters. The first-order valence-electron chi connectivity index (χ1n) is 9.78. The summed E-state index contributed by atoms with van der Waals surface area (Å²) >= 11 is 0. The molecule has 5 nitrogen and oxygen atoms in total. The third-order valence-corrected chi connectivity index (χ3v) is 4.73. The SMILES string of the molecule is O=C(O)CCCCCOc1ccc(C(c2ccc(O)cc2)c2ccccn2)cc1. The number of nitrogens with zero attached hydrogens (tertiary/aromatic N) is 1. The first-order valence-corrected chi connectivity index (χ1v) is 9.78. The van der Waals surface area contributed by atoms with Gasteiger partial charge in [-0.1, -0.05) is 30.3 Å². The summed E-state index contributed by atoms with van der Waals surface area (Å²) in [6.45, 7) is 0.570. The molecule has 0 bridgehead atoms. The molecule has 0 aliphatic carbocycles. The van der Waals surface area contributed by atoms with Crippen LogP contribution >= 0.6 is 0 Å². The van der Waals surface area contributed by atoms with E-state index in [0.29, 0.717) is 13.0 Å². The van der Waals surface area contributed by atoms with Gasteiger partial charge in [-0.05, 0) is 66.8 Å². The Labute approximate surface area is 170 Å². The Morgan fingerprint density at radius 3 is 2.21 bits per heavy atom. The van der Waals surface area contributed by atoms with Crippen LogP contribution < -0.4 is 4.74 Å². The fourth-order valence-electron chi connectivity index (χ4n) is 3.25. The molecule has 0 saturated carbocycles. The number of aromatic nitrogens is 1. The fourth-order valence-corrected chi connectivity index (χ4v) is 3.25. The molecule has 3 rings (SSSR count). The van der Waals surface area contributed by atoms with Gasteiger partial charge in [-0.15, -0.1) is 0 Å². The molecule has 2 N–H and O–H groups in total. The number of rotatable bonds is 10. The summed E-state index contributed by atoms with van der Waals surface area (Å²) in [4.78, 5) is 15.0. The number of phenols is 1. The van der Waals surface area contributed by atoms with Crippen molar-refractivity contribution < 1.29 is 19.7 Å². The van der Waals surface area contributed by atoms with Crippen molar-refractivity contribution in [1.82, 2.24) is 4.98 Å². The molecular weight excluding hydrogens is 366 g/mol. The third-order valence-electron chi connectivity index (χ3n) is 4.73. The molecule has 0 spiro atoms. The number of hydrogen-bond acceptors (Lipinski definition) is 4. The maximum Gasteiger partial charge on any atom is 0.303 e. The van der Waals surface area contributed by atoms with Crippen LogP contribution in [0.4, 0.5) is 0 Å². The largest absolute Gasteiger partial charge is 0.508 e. The van der Waals surface area contributed by atoms with Gasteiger partial charge >= 0.3 is 5.97 Å². The van der Waals surface area contributed by atoms with Gasteiger partial charge in [0.25, 0.3) is 0 Å².